The molecule has 0 aliphatic carbocycles. The van der Waals surface area contributed by atoms with Crippen molar-refractivity contribution in [2.75, 3.05) is 6.26 Å². The van der Waals surface area contributed by atoms with E-state index >= 15 is 0 Å². The van der Waals surface area contributed by atoms with Gasteiger partial charge in [-0.25, -0.2) is 8.42 Å². The number of hydrogen-bond acceptors (Lipinski definition) is 3. The zero-order valence-corrected chi connectivity index (χ0v) is 11.8. The molecule has 1 N–H and O–H groups in total. The Bertz CT molecular complexity index is 571. The predicted octanol–water partition coefficient (Wildman–Crippen LogP) is 2.15. The quantitative estimate of drug-likeness (QED) is 0.910. The molecule has 18 heavy (non-hydrogen) atoms. The van der Waals surface area contributed by atoms with Gasteiger partial charge in [0.05, 0.1) is 11.3 Å². The van der Waals surface area contributed by atoms with E-state index in [2.05, 4.69) is 0 Å². The number of carboxylic acids is 1. The lowest BCUT2D eigenvalue weighted by Gasteiger charge is -2.24. The maximum absolute atomic E-state index is 11.6. The van der Waals surface area contributed by atoms with E-state index in [9.17, 15) is 13.2 Å². The number of rotatable bonds is 4. The number of benzene rings is 1. The minimum absolute atomic E-state index is 0.0424. The van der Waals surface area contributed by atoms with E-state index in [0.717, 1.165) is 11.8 Å². The smallest absolute Gasteiger partial charge is 0.304 e. The lowest BCUT2D eigenvalue weighted by molar-refractivity contribution is -0.138. The maximum Gasteiger partial charge on any atom is 0.304 e. The average molecular weight is 270 g/mol. The van der Waals surface area contributed by atoms with Gasteiger partial charge in [-0.3, -0.25) is 4.79 Å². The van der Waals surface area contributed by atoms with Gasteiger partial charge in [-0.05, 0) is 24.1 Å². The Morgan fingerprint density at radius 3 is 2.33 bits per heavy atom. The van der Waals surface area contributed by atoms with Crippen LogP contribution in [0.4, 0.5) is 0 Å². The van der Waals surface area contributed by atoms with E-state index in [1.54, 1.807) is 39.0 Å². The van der Waals surface area contributed by atoms with Crippen molar-refractivity contribution in [3.8, 4) is 0 Å². The van der Waals surface area contributed by atoms with Crippen molar-refractivity contribution < 1.29 is 18.3 Å². The molecule has 0 amide bonds. The molecule has 0 heterocycles. The van der Waals surface area contributed by atoms with Crippen LogP contribution in [0.15, 0.2) is 23.1 Å². The Labute approximate surface area is 108 Å². The van der Waals surface area contributed by atoms with Crippen LogP contribution in [0.1, 0.15) is 31.4 Å². The summed E-state index contributed by atoms with van der Waals surface area (Å²) in [6.45, 7) is 5.31. The number of aliphatic carboxylic acids is 1. The molecule has 0 radical (unpaired) electrons. The number of carboxylic acid groups (broad SMARTS) is 1. The van der Waals surface area contributed by atoms with Crippen LogP contribution >= 0.6 is 0 Å². The van der Waals surface area contributed by atoms with Gasteiger partial charge in [0.2, 0.25) is 0 Å². The van der Waals surface area contributed by atoms with Gasteiger partial charge in [0.15, 0.2) is 9.84 Å². The summed E-state index contributed by atoms with van der Waals surface area (Å²) in [4.78, 5) is 11.1. The van der Waals surface area contributed by atoms with Crippen molar-refractivity contribution in [3.63, 3.8) is 0 Å². The first-order chi connectivity index (χ1) is 8.04. The average Bonchev–Trinajstić information content (AvgIpc) is 2.13. The van der Waals surface area contributed by atoms with Crippen LogP contribution < -0.4 is 0 Å². The molecule has 0 aliphatic heterocycles. The number of hydrogen-bond donors (Lipinski definition) is 1. The monoisotopic (exact) mass is 270 g/mol. The van der Waals surface area contributed by atoms with Gasteiger partial charge in [-0.2, -0.15) is 0 Å². The zero-order valence-electron chi connectivity index (χ0n) is 11.0. The molecule has 0 spiro atoms. The Morgan fingerprint density at radius 1 is 1.33 bits per heavy atom. The van der Waals surface area contributed by atoms with E-state index in [1.807, 2.05) is 0 Å². The third kappa shape index (κ3) is 3.32. The fraction of sp³-hybridized carbons (Fsp3) is 0.462. The second-order valence-corrected chi connectivity index (χ2v) is 7.19. The summed E-state index contributed by atoms with van der Waals surface area (Å²) in [6.07, 6.45) is 1.11. The van der Waals surface area contributed by atoms with Gasteiger partial charge in [0.1, 0.15) is 0 Å². The first-order valence-corrected chi connectivity index (χ1v) is 7.46. The molecule has 0 aromatic heterocycles. The largest absolute Gasteiger partial charge is 0.481 e. The molecule has 0 fully saturated rings. The zero-order chi connectivity index (χ0) is 14.1. The highest BCUT2D eigenvalue weighted by Crippen LogP contribution is 2.30. The van der Waals surface area contributed by atoms with Gasteiger partial charge < -0.3 is 5.11 Å². The molecular weight excluding hydrogens is 252 g/mol. The molecule has 1 aromatic carbocycles. The second-order valence-electron chi connectivity index (χ2n) is 5.21. The highest BCUT2D eigenvalue weighted by molar-refractivity contribution is 7.90. The van der Waals surface area contributed by atoms with Crippen LogP contribution in [0.2, 0.25) is 0 Å². The van der Waals surface area contributed by atoms with Crippen LogP contribution in [0.5, 0.6) is 0 Å². The van der Waals surface area contributed by atoms with Crippen LogP contribution in [0, 0.1) is 6.92 Å². The fourth-order valence-electron chi connectivity index (χ4n) is 1.90. The second kappa shape index (κ2) is 4.72. The summed E-state index contributed by atoms with van der Waals surface area (Å²) in [5.41, 5.74) is 0.794. The summed E-state index contributed by atoms with van der Waals surface area (Å²) in [7, 11) is -3.29. The Balaban J connectivity index is 3.33. The number of carbonyl (C=O) groups is 1. The Kier molecular flexibility index (Phi) is 3.86. The predicted molar refractivity (Wildman–Crippen MR) is 69.6 cm³/mol. The van der Waals surface area contributed by atoms with Crippen molar-refractivity contribution in [3.05, 3.63) is 29.3 Å². The minimum atomic E-state index is -3.29. The lowest BCUT2D eigenvalue weighted by atomic mass is 9.81. The molecule has 5 heteroatoms. The van der Waals surface area contributed by atoms with Crippen molar-refractivity contribution in [1.29, 1.82) is 0 Å². The van der Waals surface area contributed by atoms with Gasteiger partial charge in [-0.15, -0.1) is 0 Å². The summed E-state index contributed by atoms with van der Waals surface area (Å²) in [5, 5.41) is 8.88. The lowest BCUT2D eigenvalue weighted by Crippen LogP contribution is -2.22. The molecule has 0 bridgehead atoms. The normalized spacial score (nSPS) is 12.4. The summed E-state index contributed by atoms with van der Waals surface area (Å²) >= 11 is 0. The van der Waals surface area contributed by atoms with Gasteiger partial charge in [-0.1, -0.05) is 26.0 Å². The van der Waals surface area contributed by atoms with Crippen LogP contribution in [-0.4, -0.2) is 25.7 Å². The van der Waals surface area contributed by atoms with Crippen molar-refractivity contribution in [2.24, 2.45) is 0 Å². The highest BCUT2D eigenvalue weighted by atomic mass is 32.2. The Morgan fingerprint density at radius 2 is 1.89 bits per heavy atom. The molecule has 0 saturated heterocycles. The molecule has 0 aliphatic rings. The molecule has 0 unspecified atom stereocenters. The third-order valence-electron chi connectivity index (χ3n) is 2.96. The molecule has 0 saturated carbocycles. The van der Waals surface area contributed by atoms with Gasteiger partial charge in [0.25, 0.3) is 0 Å². The van der Waals surface area contributed by atoms with Crippen molar-refractivity contribution >= 4 is 15.8 Å². The molecule has 1 aromatic rings. The number of sulfone groups is 1. The van der Waals surface area contributed by atoms with Crippen LogP contribution in [0.3, 0.4) is 0 Å². The Hall–Kier alpha value is -1.36. The van der Waals surface area contributed by atoms with Crippen molar-refractivity contribution in [1.82, 2.24) is 0 Å². The highest BCUT2D eigenvalue weighted by Gasteiger charge is 2.25. The van der Waals surface area contributed by atoms with E-state index < -0.39 is 21.2 Å². The van der Waals surface area contributed by atoms with E-state index in [1.165, 1.54) is 0 Å². The van der Waals surface area contributed by atoms with Crippen LogP contribution in [-0.2, 0) is 20.0 Å². The molecule has 100 valence electrons. The van der Waals surface area contributed by atoms with E-state index in [4.69, 9.17) is 5.11 Å². The molecule has 4 nitrogen and oxygen atoms in total. The third-order valence-corrected chi connectivity index (χ3v) is 4.20. The number of aryl methyl sites for hydroxylation is 1. The van der Waals surface area contributed by atoms with E-state index in [-0.39, 0.29) is 11.3 Å². The topological polar surface area (TPSA) is 71.4 Å². The SMILES string of the molecule is Cc1ccc(C(C)(C)CC(=O)O)cc1S(C)(=O)=O. The molecule has 0 atom stereocenters. The standard InChI is InChI=1S/C13H18O4S/c1-9-5-6-10(7-11(9)18(4,16)17)13(2,3)8-12(14)15/h5-7H,8H2,1-4H3,(H,14,15). The fourth-order valence-corrected chi connectivity index (χ4v) is 2.89. The summed E-state index contributed by atoms with van der Waals surface area (Å²) in [5.74, 6) is -0.901. The first kappa shape index (κ1) is 14.7. The summed E-state index contributed by atoms with van der Waals surface area (Å²) < 4.78 is 23.3. The van der Waals surface area contributed by atoms with E-state index in [0.29, 0.717) is 5.56 Å². The molecule has 1 rings (SSSR count). The first-order valence-electron chi connectivity index (χ1n) is 5.57. The maximum atomic E-state index is 11.6. The minimum Gasteiger partial charge on any atom is -0.481 e. The summed E-state index contributed by atoms with van der Waals surface area (Å²) in [6, 6.07) is 5.08. The van der Waals surface area contributed by atoms with Gasteiger partial charge in [0, 0.05) is 11.7 Å². The van der Waals surface area contributed by atoms with Crippen LogP contribution in [0.25, 0.3) is 0 Å². The van der Waals surface area contributed by atoms with Gasteiger partial charge >= 0.3 is 5.97 Å². The molecular formula is C13H18O4S. The van der Waals surface area contributed by atoms with Crippen molar-refractivity contribution in [2.45, 2.75) is 37.5 Å².